The molecule has 3 aromatic rings. The number of hydrogen-bond donors (Lipinski definition) is 2. The number of anilines is 2. The summed E-state index contributed by atoms with van der Waals surface area (Å²) in [6.07, 6.45) is 1.97. The summed E-state index contributed by atoms with van der Waals surface area (Å²) in [5, 5.41) is 5.67. The molecule has 1 aromatic heterocycles. The second-order valence-corrected chi connectivity index (χ2v) is 7.68. The van der Waals surface area contributed by atoms with E-state index in [1.165, 1.54) is 32.9 Å². The van der Waals surface area contributed by atoms with E-state index in [0.29, 0.717) is 22.0 Å². The molecule has 1 aliphatic carbocycles. The van der Waals surface area contributed by atoms with E-state index in [2.05, 4.69) is 28.8 Å². The van der Waals surface area contributed by atoms with Gasteiger partial charge in [-0.3, -0.25) is 9.59 Å². The minimum atomic E-state index is -0.177. The van der Waals surface area contributed by atoms with Gasteiger partial charge in [-0.05, 0) is 47.7 Å². The fourth-order valence-electron chi connectivity index (χ4n) is 3.53. The molecule has 5 nitrogen and oxygen atoms in total. The summed E-state index contributed by atoms with van der Waals surface area (Å²) in [5.74, 6) is 0.252. The Bertz CT molecular complexity index is 1090. The van der Waals surface area contributed by atoms with Gasteiger partial charge in [0.25, 0.3) is 11.8 Å². The van der Waals surface area contributed by atoms with E-state index in [1.807, 2.05) is 12.1 Å². The van der Waals surface area contributed by atoms with E-state index in [0.717, 1.165) is 12.8 Å². The SMILES string of the molecule is O=C1COc2cc(NC(=O)c3cc4c(s3)-c3ccccc3CC4)ccc2N1. The number of carbonyl (C=O) groups is 2. The lowest BCUT2D eigenvalue weighted by atomic mass is 9.91. The van der Waals surface area contributed by atoms with Gasteiger partial charge in [-0.1, -0.05) is 24.3 Å². The monoisotopic (exact) mass is 376 g/mol. The normalized spacial score (nSPS) is 14.3. The van der Waals surface area contributed by atoms with Crippen molar-refractivity contribution >= 4 is 34.5 Å². The van der Waals surface area contributed by atoms with E-state index in [4.69, 9.17) is 4.74 Å². The first-order valence-electron chi connectivity index (χ1n) is 8.76. The fourth-order valence-corrected chi connectivity index (χ4v) is 4.69. The number of thiophene rings is 1. The maximum atomic E-state index is 12.8. The molecular formula is C21H16N2O3S. The van der Waals surface area contributed by atoms with Crippen LogP contribution in [-0.4, -0.2) is 18.4 Å². The Morgan fingerprint density at radius 1 is 1.07 bits per heavy atom. The maximum absolute atomic E-state index is 12.8. The number of carbonyl (C=O) groups excluding carboxylic acids is 2. The van der Waals surface area contributed by atoms with Crippen molar-refractivity contribution in [2.24, 2.45) is 0 Å². The fraction of sp³-hybridized carbons (Fsp3) is 0.143. The van der Waals surface area contributed by atoms with Crippen LogP contribution in [-0.2, 0) is 17.6 Å². The van der Waals surface area contributed by atoms with Crippen LogP contribution in [0.1, 0.15) is 20.8 Å². The number of ether oxygens (including phenoxy) is 1. The average molecular weight is 376 g/mol. The zero-order valence-electron chi connectivity index (χ0n) is 14.4. The predicted octanol–water partition coefficient (Wildman–Crippen LogP) is 4.10. The van der Waals surface area contributed by atoms with Crippen LogP contribution in [0.15, 0.2) is 48.5 Å². The molecule has 0 atom stereocenters. The number of benzene rings is 2. The standard InChI is InChI=1S/C21H16N2O3S/c24-19-11-26-17-10-14(7-8-16(17)23-19)22-21(25)18-9-13-6-5-12-3-1-2-4-15(12)20(13)27-18/h1-4,7-10H,5-6,11H2,(H,22,25)(H,23,24). The highest BCUT2D eigenvalue weighted by molar-refractivity contribution is 7.17. The van der Waals surface area contributed by atoms with Crippen LogP contribution >= 0.6 is 11.3 Å². The molecule has 1 aliphatic heterocycles. The molecular weight excluding hydrogens is 360 g/mol. The molecule has 0 spiro atoms. The predicted molar refractivity (Wildman–Crippen MR) is 106 cm³/mol. The van der Waals surface area contributed by atoms with Crippen LogP contribution in [0.25, 0.3) is 10.4 Å². The molecule has 2 heterocycles. The van der Waals surface area contributed by atoms with Gasteiger partial charge in [0, 0.05) is 16.6 Å². The maximum Gasteiger partial charge on any atom is 0.265 e. The first-order chi connectivity index (χ1) is 13.2. The molecule has 2 amide bonds. The zero-order valence-corrected chi connectivity index (χ0v) is 15.2. The van der Waals surface area contributed by atoms with Gasteiger partial charge >= 0.3 is 0 Å². The van der Waals surface area contributed by atoms with Crippen molar-refractivity contribution in [1.29, 1.82) is 0 Å². The van der Waals surface area contributed by atoms with E-state index >= 15 is 0 Å². The summed E-state index contributed by atoms with van der Waals surface area (Å²) < 4.78 is 5.41. The molecule has 0 bridgehead atoms. The van der Waals surface area contributed by atoms with E-state index in [-0.39, 0.29) is 18.4 Å². The largest absolute Gasteiger partial charge is 0.482 e. The van der Waals surface area contributed by atoms with Crippen LogP contribution in [0.4, 0.5) is 11.4 Å². The summed E-state index contributed by atoms with van der Waals surface area (Å²) in [6.45, 7) is -0.0124. The minimum absolute atomic E-state index is 0.0124. The van der Waals surface area contributed by atoms with Crippen molar-refractivity contribution in [2.75, 3.05) is 17.2 Å². The number of aryl methyl sites for hydroxylation is 2. The van der Waals surface area contributed by atoms with Gasteiger partial charge in [0.2, 0.25) is 0 Å². The van der Waals surface area contributed by atoms with Crippen molar-refractivity contribution in [1.82, 2.24) is 0 Å². The molecule has 0 fully saturated rings. The van der Waals surface area contributed by atoms with Crippen LogP contribution in [0.3, 0.4) is 0 Å². The lowest BCUT2D eigenvalue weighted by Crippen LogP contribution is -2.25. The molecule has 5 rings (SSSR count). The third-order valence-corrected chi connectivity index (χ3v) is 6.04. The molecule has 0 unspecified atom stereocenters. The third kappa shape index (κ3) is 2.88. The summed E-state index contributed by atoms with van der Waals surface area (Å²) in [4.78, 5) is 26.0. The van der Waals surface area contributed by atoms with Crippen molar-refractivity contribution in [3.63, 3.8) is 0 Å². The van der Waals surface area contributed by atoms with Gasteiger partial charge in [0.15, 0.2) is 6.61 Å². The van der Waals surface area contributed by atoms with Gasteiger partial charge in [-0.2, -0.15) is 0 Å². The Morgan fingerprint density at radius 2 is 1.93 bits per heavy atom. The van der Waals surface area contributed by atoms with Crippen molar-refractivity contribution in [2.45, 2.75) is 12.8 Å². The Morgan fingerprint density at radius 3 is 2.85 bits per heavy atom. The molecule has 6 heteroatoms. The highest BCUT2D eigenvalue weighted by atomic mass is 32.1. The smallest absolute Gasteiger partial charge is 0.265 e. The Hall–Kier alpha value is -3.12. The first-order valence-corrected chi connectivity index (χ1v) is 9.58. The molecule has 0 saturated heterocycles. The number of hydrogen-bond acceptors (Lipinski definition) is 4. The van der Waals surface area contributed by atoms with Crippen LogP contribution < -0.4 is 15.4 Å². The highest BCUT2D eigenvalue weighted by Gasteiger charge is 2.22. The Balaban J connectivity index is 1.40. The molecule has 2 aliphatic rings. The van der Waals surface area contributed by atoms with Crippen LogP contribution in [0.2, 0.25) is 0 Å². The van der Waals surface area contributed by atoms with E-state index in [9.17, 15) is 9.59 Å². The summed E-state index contributed by atoms with van der Waals surface area (Å²) in [6, 6.07) is 15.6. The van der Waals surface area contributed by atoms with Gasteiger partial charge < -0.3 is 15.4 Å². The number of fused-ring (bicyclic) bond motifs is 4. The molecule has 2 N–H and O–H groups in total. The second-order valence-electron chi connectivity index (χ2n) is 6.62. The average Bonchev–Trinajstić information content (AvgIpc) is 3.13. The van der Waals surface area contributed by atoms with Crippen molar-refractivity contribution in [3.8, 4) is 16.2 Å². The molecule has 2 aromatic carbocycles. The van der Waals surface area contributed by atoms with Crippen molar-refractivity contribution < 1.29 is 14.3 Å². The molecule has 0 radical (unpaired) electrons. The summed E-state index contributed by atoms with van der Waals surface area (Å²) >= 11 is 1.53. The first kappa shape index (κ1) is 16.1. The number of amides is 2. The van der Waals surface area contributed by atoms with E-state index in [1.54, 1.807) is 18.2 Å². The molecule has 0 saturated carbocycles. The Kier molecular flexibility index (Phi) is 3.72. The summed E-state index contributed by atoms with van der Waals surface area (Å²) in [7, 11) is 0. The number of rotatable bonds is 2. The van der Waals surface area contributed by atoms with Crippen LogP contribution in [0, 0.1) is 0 Å². The zero-order chi connectivity index (χ0) is 18.4. The van der Waals surface area contributed by atoms with Gasteiger partial charge in [-0.15, -0.1) is 11.3 Å². The second kappa shape index (κ2) is 6.25. The summed E-state index contributed by atoms with van der Waals surface area (Å²) in [5.41, 5.74) is 5.07. The van der Waals surface area contributed by atoms with E-state index < -0.39 is 0 Å². The van der Waals surface area contributed by atoms with Crippen molar-refractivity contribution in [3.05, 3.63) is 64.5 Å². The van der Waals surface area contributed by atoms with Crippen LogP contribution in [0.5, 0.6) is 5.75 Å². The highest BCUT2D eigenvalue weighted by Crippen LogP contribution is 2.40. The lowest BCUT2D eigenvalue weighted by Gasteiger charge is -2.18. The molecule has 27 heavy (non-hydrogen) atoms. The third-order valence-electron chi connectivity index (χ3n) is 4.83. The topological polar surface area (TPSA) is 67.4 Å². The minimum Gasteiger partial charge on any atom is -0.482 e. The van der Waals surface area contributed by atoms with Gasteiger partial charge in [0.1, 0.15) is 5.75 Å². The number of nitrogens with one attached hydrogen (secondary N) is 2. The quantitative estimate of drug-likeness (QED) is 0.708. The van der Waals surface area contributed by atoms with Gasteiger partial charge in [0.05, 0.1) is 10.6 Å². The lowest BCUT2D eigenvalue weighted by molar-refractivity contribution is -0.118. The molecule has 134 valence electrons. The van der Waals surface area contributed by atoms with Gasteiger partial charge in [-0.25, -0.2) is 0 Å². The Labute approximate surface area is 160 Å².